The van der Waals surface area contributed by atoms with Crippen LogP contribution in [0.25, 0.3) is 0 Å². The summed E-state index contributed by atoms with van der Waals surface area (Å²) in [5.41, 5.74) is 2.79. The second-order valence-corrected chi connectivity index (χ2v) is 7.61. The van der Waals surface area contributed by atoms with E-state index in [0.29, 0.717) is 12.2 Å². The van der Waals surface area contributed by atoms with Crippen LogP contribution in [0.15, 0.2) is 47.6 Å². The first kappa shape index (κ1) is 21.2. The molecule has 0 saturated carbocycles. The number of nitrogens with zero attached hydrogens (tertiary/aromatic N) is 2. The number of carbonyl (C=O) groups excluding carboxylic acids is 1. The Morgan fingerprint density at radius 2 is 2.07 bits per heavy atom. The maximum atomic E-state index is 13.4. The van der Waals surface area contributed by atoms with Gasteiger partial charge in [-0.1, -0.05) is 6.07 Å². The molecule has 150 valence electrons. The Morgan fingerprint density at radius 1 is 1.32 bits per heavy atom. The van der Waals surface area contributed by atoms with Crippen LogP contribution in [0.3, 0.4) is 0 Å². The van der Waals surface area contributed by atoms with Crippen molar-refractivity contribution in [3.63, 3.8) is 0 Å². The molecule has 0 aliphatic rings. The van der Waals surface area contributed by atoms with Crippen molar-refractivity contribution in [3.8, 4) is 11.5 Å². The number of benzene rings is 2. The third-order valence-electron chi connectivity index (χ3n) is 3.47. The molecule has 28 heavy (non-hydrogen) atoms. The number of sulfonamides is 1. The fourth-order valence-corrected chi connectivity index (χ4v) is 3.11. The van der Waals surface area contributed by atoms with Crippen molar-refractivity contribution in [1.29, 1.82) is 0 Å². The molecule has 0 atom stereocenters. The SMILES string of the molecule is CCOc1cc(/C=N\NC(=O)CN(c2cccc(F)c2)S(C)(=O)=O)ccc1O. The molecule has 0 saturated heterocycles. The lowest BCUT2D eigenvalue weighted by Gasteiger charge is -2.21. The highest BCUT2D eigenvalue weighted by Gasteiger charge is 2.21. The maximum absolute atomic E-state index is 13.4. The van der Waals surface area contributed by atoms with Gasteiger partial charge in [0, 0.05) is 0 Å². The standard InChI is InChI=1S/C18H20FN3O5S/c1-3-27-17-9-13(7-8-16(17)23)11-20-21-18(24)12-22(28(2,25)26)15-6-4-5-14(19)10-15/h4-11,23H,3,12H2,1-2H3,(H,21,24)/b20-11-. The molecule has 8 nitrogen and oxygen atoms in total. The summed E-state index contributed by atoms with van der Waals surface area (Å²) in [4.78, 5) is 12.1. The van der Waals surface area contributed by atoms with Crippen LogP contribution in [0.5, 0.6) is 11.5 Å². The number of hydrogen-bond acceptors (Lipinski definition) is 6. The van der Waals surface area contributed by atoms with E-state index in [1.54, 1.807) is 13.0 Å². The van der Waals surface area contributed by atoms with Gasteiger partial charge in [-0.05, 0) is 48.9 Å². The number of amides is 1. The Morgan fingerprint density at radius 3 is 2.71 bits per heavy atom. The zero-order valence-corrected chi connectivity index (χ0v) is 16.1. The summed E-state index contributed by atoms with van der Waals surface area (Å²) in [6.07, 6.45) is 2.23. The minimum atomic E-state index is -3.81. The van der Waals surface area contributed by atoms with Gasteiger partial charge in [-0.25, -0.2) is 18.2 Å². The maximum Gasteiger partial charge on any atom is 0.260 e. The quantitative estimate of drug-likeness (QED) is 0.511. The predicted octanol–water partition coefficient (Wildman–Crippen LogP) is 1.85. The van der Waals surface area contributed by atoms with Gasteiger partial charge < -0.3 is 9.84 Å². The molecule has 0 aliphatic heterocycles. The number of carbonyl (C=O) groups is 1. The third-order valence-corrected chi connectivity index (χ3v) is 4.61. The highest BCUT2D eigenvalue weighted by Crippen LogP contribution is 2.26. The Labute approximate surface area is 162 Å². The summed E-state index contributed by atoms with van der Waals surface area (Å²) in [6, 6.07) is 9.43. The number of anilines is 1. The summed E-state index contributed by atoms with van der Waals surface area (Å²) in [7, 11) is -3.81. The normalized spacial score (nSPS) is 11.4. The molecule has 2 N–H and O–H groups in total. The van der Waals surface area contributed by atoms with Crippen LogP contribution in [0.2, 0.25) is 0 Å². The van der Waals surface area contributed by atoms with E-state index in [4.69, 9.17) is 4.74 Å². The average Bonchev–Trinajstić information content (AvgIpc) is 2.61. The smallest absolute Gasteiger partial charge is 0.260 e. The summed E-state index contributed by atoms with van der Waals surface area (Å²) >= 11 is 0. The van der Waals surface area contributed by atoms with Gasteiger partial charge in [0.1, 0.15) is 12.4 Å². The zero-order chi connectivity index (χ0) is 20.7. The lowest BCUT2D eigenvalue weighted by molar-refractivity contribution is -0.119. The molecule has 0 heterocycles. The minimum absolute atomic E-state index is 0.0260. The monoisotopic (exact) mass is 409 g/mol. The predicted molar refractivity (Wildman–Crippen MR) is 104 cm³/mol. The molecule has 10 heteroatoms. The van der Waals surface area contributed by atoms with Gasteiger partial charge in [-0.3, -0.25) is 9.10 Å². The molecule has 0 bridgehead atoms. The molecule has 0 aromatic heterocycles. The number of phenols is 1. The first-order chi connectivity index (χ1) is 13.2. The molecule has 0 unspecified atom stereocenters. The van der Waals surface area contributed by atoms with E-state index in [9.17, 15) is 22.7 Å². The average molecular weight is 409 g/mol. The molecular formula is C18H20FN3O5S. The molecule has 0 radical (unpaired) electrons. The number of halogens is 1. The van der Waals surface area contributed by atoms with Crippen LogP contribution in [-0.4, -0.2) is 45.1 Å². The van der Waals surface area contributed by atoms with E-state index >= 15 is 0 Å². The Balaban J connectivity index is 2.07. The number of nitrogens with one attached hydrogen (secondary N) is 1. The zero-order valence-electron chi connectivity index (χ0n) is 15.3. The van der Waals surface area contributed by atoms with Crippen molar-refractivity contribution in [2.24, 2.45) is 5.10 Å². The minimum Gasteiger partial charge on any atom is -0.504 e. The van der Waals surface area contributed by atoms with E-state index in [2.05, 4.69) is 10.5 Å². The molecular weight excluding hydrogens is 389 g/mol. The third kappa shape index (κ3) is 5.95. The van der Waals surface area contributed by atoms with Crippen molar-refractivity contribution < 1.29 is 27.4 Å². The van der Waals surface area contributed by atoms with Crippen molar-refractivity contribution in [3.05, 3.63) is 53.8 Å². The van der Waals surface area contributed by atoms with Crippen molar-refractivity contribution in [2.75, 3.05) is 23.7 Å². The van der Waals surface area contributed by atoms with Crippen LogP contribution in [0, 0.1) is 5.82 Å². The van der Waals surface area contributed by atoms with E-state index in [1.165, 1.54) is 36.5 Å². The lowest BCUT2D eigenvalue weighted by atomic mass is 10.2. The molecule has 2 rings (SSSR count). The van der Waals surface area contributed by atoms with E-state index in [0.717, 1.165) is 16.6 Å². The molecule has 0 spiro atoms. The van der Waals surface area contributed by atoms with E-state index in [-0.39, 0.29) is 17.2 Å². The van der Waals surface area contributed by atoms with Gasteiger partial charge in [0.15, 0.2) is 11.5 Å². The van der Waals surface area contributed by atoms with Gasteiger partial charge in [-0.15, -0.1) is 0 Å². The van der Waals surface area contributed by atoms with Crippen molar-refractivity contribution in [1.82, 2.24) is 5.43 Å². The first-order valence-corrected chi connectivity index (χ1v) is 10.1. The number of hydrazone groups is 1. The van der Waals surface area contributed by atoms with E-state index in [1.807, 2.05) is 0 Å². The van der Waals surface area contributed by atoms with Crippen molar-refractivity contribution >= 4 is 27.8 Å². The fraction of sp³-hybridized carbons (Fsp3) is 0.222. The number of hydrogen-bond donors (Lipinski definition) is 2. The number of phenolic OH excluding ortho intramolecular Hbond substituents is 1. The lowest BCUT2D eigenvalue weighted by Crippen LogP contribution is -2.39. The van der Waals surface area contributed by atoms with Crippen LogP contribution < -0.4 is 14.5 Å². The number of ether oxygens (including phenoxy) is 1. The van der Waals surface area contributed by atoms with Crippen molar-refractivity contribution in [2.45, 2.75) is 6.92 Å². The largest absolute Gasteiger partial charge is 0.504 e. The summed E-state index contributed by atoms with van der Waals surface area (Å²) in [5.74, 6) is -1.09. The van der Waals surface area contributed by atoms with Crippen LogP contribution in [0.1, 0.15) is 12.5 Å². The summed E-state index contributed by atoms with van der Waals surface area (Å²) in [6.45, 7) is 1.57. The Kier molecular flexibility index (Phi) is 6.94. The highest BCUT2D eigenvalue weighted by molar-refractivity contribution is 7.92. The number of aromatic hydroxyl groups is 1. The first-order valence-electron chi connectivity index (χ1n) is 8.21. The van der Waals surface area contributed by atoms with Crippen LogP contribution in [-0.2, 0) is 14.8 Å². The van der Waals surface area contributed by atoms with Crippen LogP contribution >= 0.6 is 0 Å². The van der Waals surface area contributed by atoms with Gasteiger partial charge in [0.25, 0.3) is 5.91 Å². The van der Waals surface area contributed by atoms with Gasteiger partial charge in [-0.2, -0.15) is 5.10 Å². The van der Waals surface area contributed by atoms with Gasteiger partial charge in [0.2, 0.25) is 10.0 Å². The van der Waals surface area contributed by atoms with E-state index < -0.39 is 28.3 Å². The number of rotatable bonds is 8. The fourth-order valence-electron chi connectivity index (χ4n) is 2.26. The molecule has 2 aromatic carbocycles. The second-order valence-electron chi connectivity index (χ2n) is 5.70. The van der Waals surface area contributed by atoms with Gasteiger partial charge >= 0.3 is 0 Å². The summed E-state index contributed by atoms with van der Waals surface area (Å²) < 4.78 is 43.3. The molecule has 1 amide bonds. The highest BCUT2D eigenvalue weighted by atomic mass is 32.2. The Bertz CT molecular complexity index is 979. The molecule has 0 aliphatic carbocycles. The Hall–Kier alpha value is -3.14. The second kappa shape index (κ2) is 9.18. The molecule has 2 aromatic rings. The topological polar surface area (TPSA) is 108 Å². The van der Waals surface area contributed by atoms with Gasteiger partial charge in [0.05, 0.1) is 24.8 Å². The van der Waals surface area contributed by atoms with Crippen LogP contribution in [0.4, 0.5) is 10.1 Å². The molecule has 0 fully saturated rings. The summed E-state index contributed by atoms with van der Waals surface area (Å²) in [5, 5.41) is 13.4.